The Morgan fingerprint density at radius 3 is 2.78 bits per heavy atom. The summed E-state index contributed by atoms with van der Waals surface area (Å²) in [6.45, 7) is 2.45. The van der Waals surface area contributed by atoms with Crippen LogP contribution in [0.1, 0.15) is 23.3 Å². The first-order valence-electron chi connectivity index (χ1n) is 8.33. The lowest BCUT2D eigenvalue weighted by molar-refractivity contribution is 0.0694. The van der Waals surface area contributed by atoms with Crippen LogP contribution in [0, 0.1) is 5.82 Å². The molecule has 142 valence electrons. The second-order valence-corrected chi connectivity index (χ2v) is 7.16. The number of aromatic nitrogens is 1. The Morgan fingerprint density at radius 2 is 2.15 bits per heavy atom. The molecular weight excluding hydrogens is 379 g/mol. The van der Waals surface area contributed by atoms with Gasteiger partial charge in [-0.2, -0.15) is 0 Å². The van der Waals surface area contributed by atoms with Crippen LogP contribution in [-0.4, -0.2) is 47.1 Å². The average molecular weight is 395 g/mol. The van der Waals surface area contributed by atoms with Crippen LogP contribution in [0.3, 0.4) is 0 Å². The maximum atomic E-state index is 14.9. The molecule has 2 aliphatic rings. The summed E-state index contributed by atoms with van der Waals surface area (Å²) in [6.07, 6.45) is 1.29. The summed E-state index contributed by atoms with van der Waals surface area (Å²) in [5.74, 6) is -1.81. The van der Waals surface area contributed by atoms with Crippen LogP contribution in [0.2, 0.25) is 0 Å². The van der Waals surface area contributed by atoms with Gasteiger partial charge in [0.2, 0.25) is 5.43 Å². The van der Waals surface area contributed by atoms with E-state index in [1.54, 1.807) is 9.47 Å². The van der Waals surface area contributed by atoms with Gasteiger partial charge in [-0.05, 0) is 18.6 Å². The van der Waals surface area contributed by atoms with E-state index < -0.39 is 22.8 Å². The van der Waals surface area contributed by atoms with Crippen molar-refractivity contribution in [3.05, 3.63) is 44.5 Å². The number of carboxylic acid groups (broad SMARTS) is 1. The SMILES string of the molecule is CC1COc2c(N3CC(=C(Cl)CO)C3)c(F)cc3c(=O)c(C(=O)O)cn1c23. The molecule has 1 saturated heterocycles. The zero-order valence-electron chi connectivity index (χ0n) is 14.3. The van der Waals surface area contributed by atoms with Crippen LogP contribution in [-0.2, 0) is 0 Å². The summed E-state index contributed by atoms with van der Waals surface area (Å²) in [5.41, 5.74) is 0.236. The van der Waals surface area contributed by atoms with E-state index in [1.807, 2.05) is 6.92 Å². The highest BCUT2D eigenvalue weighted by molar-refractivity contribution is 6.30. The van der Waals surface area contributed by atoms with E-state index in [-0.39, 0.29) is 36.1 Å². The monoisotopic (exact) mass is 394 g/mol. The maximum Gasteiger partial charge on any atom is 0.341 e. The highest BCUT2D eigenvalue weighted by Crippen LogP contribution is 2.44. The zero-order chi connectivity index (χ0) is 19.5. The fourth-order valence-electron chi connectivity index (χ4n) is 3.51. The van der Waals surface area contributed by atoms with Gasteiger partial charge in [0.25, 0.3) is 0 Å². The summed E-state index contributed by atoms with van der Waals surface area (Å²) < 4.78 is 22.3. The minimum absolute atomic E-state index is 0.0256. The molecule has 9 heteroatoms. The number of ether oxygens (including phenoxy) is 1. The van der Waals surface area contributed by atoms with Crippen molar-refractivity contribution in [3.63, 3.8) is 0 Å². The number of nitrogens with zero attached hydrogens (tertiary/aromatic N) is 2. The van der Waals surface area contributed by atoms with Gasteiger partial charge < -0.3 is 24.4 Å². The van der Waals surface area contributed by atoms with Crippen molar-refractivity contribution in [3.8, 4) is 5.75 Å². The fourth-order valence-corrected chi connectivity index (χ4v) is 3.63. The molecule has 2 N–H and O–H groups in total. The van der Waals surface area contributed by atoms with Crippen molar-refractivity contribution in [1.82, 2.24) is 4.57 Å². The Morgan fingerprint density at radius 1 is 1.44 bits per heavy atom. The third-order valence-electron chi connectivity index (χ3n) is 4.97. The molecule has 7 nitrogen and oxygen atoms in total. The Bertz CT molecular complexity index is 1070. The standard InChI is InChI=1S/C18H16ClFN2O5/c1-8-7-27-17-14-10(16(24)11(18(25)26)5-22(8)14)2-13(20)15(17)21-3-9(4-21)12(19)6-23/h2,5,8,23H,3-4,6-7H2,1H3,(H,25,26). The van der Waals surface area contributed by atoms with Gasteiger partial charge in [-0.1, -0.05) is 11.6 Å². The predicted octanol–water partition coefficient (Wildman–Crippen LogP) is 2.10. The maximum absolute atomic E-state index is 14.9. The van der Waals surface area contributed by atoms with Gasteiger partial charge in [0, 0.05) is 24.3 Å². The molecule has 4 rings (SSSR count). The van der Waals surface area contributed by atoms with Gasteiger partial charge in [0.1, 0.15) is 17.9 Å². The lowest BCUT2D eigenvalue weighted by Crippen LogP contribution is -2.42. The predicted molar refractivity (Wildman–Crippen MR) is 97.5 cm³/mol. The number of aromatic carboxylic acids is 1. The molecule has 1 fully saturated rings. The smallest absolute Gasteiger partial charge is 0.341 e. The Hall–Kier alpha value is -2.58. The van der Waals surface area contributed by atoms with E-state index in [0.717, 1.165) is 11.6 Å². The summed E-state index contributed by atoms with van der Waals surface area (Å²) in [6, 6.07) is 0.851. The number of rotatable bonds is 3. The Balaban J connectivity index is 1.95. The normalized spacial score (nSPS) is 18.3. The lowest BCUT2D eigenvalue weighted by atomic mass is 10.0. The van der Waals surface area contributed by atoms with Crippen molar-refractivity contribution < 1.29 is 24.1 Å². The van der Waals surface area contributed by atoms with Crippen LogP contribution in [0.4, 0.5) is 10.1 Å². The molecule has 27 heavy (non-hydrogen) atoms. The van der Waals surface area contributed by atoms with Crippen LogP contribution >= 0.6 is 11.6 Å². The summed E-state index contributed by atoms with van der Waals surface area (Å²) in [5, 5.41) is 18.7. The van der Waals surface area contributed by atoms with Gasteiger partial charge in [-0.15, -0.1) is 0 Å². The number of hydrogen-bond acceptors (Lipinski definition) is 5. The number of benzene rings is 1. The molecule has 0 radical (unpaired) electrons. The molecule has 0 saturated carbocycles. The molecule has 0 bridgehead atoms. The number of carboxylic acids is 1. The molecule has 1 aromatic carbocycles. The molecule has 1 unspecified atom stereocenters. The van der Waals surface area contributed by atoms with Crippen molar-refractivity contribution >= 4 is 34.2 Å². The third-order valence-corrected chi connectivity index (χ3v) is 5.36. The van der Waals surface area contributed by atoms with E-state index >= 15 is 0 Å². The molecular formula is C18H16ClFN2O5. The second kappa shape index (κ2) is 6.24. The highest BCUT2D eigenvalue weighted by Gasteiger charge is 2.33. The molecule has 2 aliphatic heterocycles. The number of pyridine rings is 1. The summed E-state index contributed by atoms with van der Waals surface area (Å²) in [4.78, 5) is 25.6. The first kappa shape index (κ1) is 17.8. The number of halogens is 2. The molecule has 1 atom stereocenters. The minimum atomic E-state index is -1.36. The number of hydrogen-bond donors (Lipinski definition) is 2. The van der Waals surface area contributed by atoms with Gasteiger partial charge in [0.05, 0.1) is 23.6 Å². The van der Waals surface area contributed by atoms with Crippen LogP contribution in [0.15, 0.2) is 27.7 Å². The van der Waals surface area contributed by atoms with Crippen LogP contribution < -0.4 is 15.1 Å². The summed E-state index contributed by atoms with van der Waals surface area (Å²) in [7, 11) is 0. The first-order chi connectivity index (χ1) is 12.8. The Kier molecular flexibility index (Phi) is 4.12. The third kappa shape index (κ3) is 2.59. The topological polar surface area (TPSA) is 92.0 Å². The lowest BCUT2D eigenvalue weighted by Gasteiger charge is -2.39. The zero-order valence-corrected chi connectivity index (χ0v) is 15.1. The van der Waals surface area contributed by atoms with E-state index in [1.165, 1.54) is 6.20 Å². The number of anilines is 1. The van der Waals surface area contributed by atoms with Crippen molar-refractivity contribution in [2.24, 2.45) is 0 Å². The first-order valence-corrected chi connectivity index (χ1v) is 8.71. The largest absolute Gasteiger partial charge is 0.487 e. The summed E-state index contributed by atoms with van der Waals surface area (Å²) >= 11 is 5.93. The van der Waals surface area contributed by atoms with E-state index in [4.69, 9.17) is 21.4 Å². The van der Waals surface area contributed by atoms with Gasteiger partial charge in [-0.3, -0.25) is 4.79 Å². The van der Waals surface area contributed by atoms with E-state index in [9.17, 15) is 19.1 Å². The van der Waals surface area contributed by atoms with Crippen molar-refractivity contribution in [2.75, 3.05) is 31.2 Å². The van der Waals surface area contributed by atoms with E-state index in [0.29, 0.717) is 23.6 Å². The van der Waals surface area contributed by atoms with Crippen LogP contribution in [0.25, 0.3) is 10.9 Å². The van der Waals surface area contributed by atoms with Crippen LogP contribution in [0.5, 0.6) is 5.75 Å². The van der Waals surface area contributed by atoms with Gasteiger partial charge in [-0.25, -0.2) is 9.18 Å². The number of aliphatic hydroxyl groups excluding tert-OH is 1. The minimum Gasteiger partial charge on any atom is -0.487 e. The molecule has 2 aromatic rings. The van der Waals surface area contributed by atoms with Gasteiger partial charge >= 0.3 is 5.97 Å². The average Bonchev–Trinajstić information content (AvgIpc) is 2.59. The quantitative estimate of drug-likeness (QED) is 0.828. The molecule has 0 aliphatic carbocycles. The second-order valence-electron chi connectivity index (χ2n) is 6.70. The van der Waals surface area contributed by atoms with Gasteiger partial charge in [0.15, 0.2) is 11.6 Å². The molecule has 3 heterocycles. The molecule has 0 amide bonds. The van der Waals surface area contributed by atoms with Crippen molar-refractivity contribution in [2.45, 2.75) is 13.0 Å². The fraction of sp³-hybridized carbons (Fsp3) is 0.333. The number of carbonyl (C=O) groups is 1. The molecule has 1 aromatic heterocycles. The number of aliphatic hydroxyl groups is 1. The van der Waals surface area contributed by atoms with E-state index in [2.05, 4.69) is 0 Å². The molecule has 0 spiro atoms. The highest BCUT2D eigenvalue weighted by atomic mass is 35.5. The van der Waals surface area contributed by atoms with Crippen molar-refractivity contribution in [1.29, 1.82) is 0 Å². The Labute approximate surface area is 157 Å².